The summed E-state index contributed by atoms with van der Waals surface area (Å²) in [6.07, 6.45) is 1.16. The lowest BCUT2D eigenvalue weighted by Gasteiger charge is -2.20. The zero-order valence-corrected chi connectivity index (χ0v) is 14.5. The lowest BCUT2D eigenvalue weighted by atomic mass is 10.1. The topological polar surface area (TPSA) is 15.3 Å². The molecule has 1 N–H and O–H groups in total. The van der Waals surface area contributed by atoms with Gasteiger partial charge in [0.05, 0.1) is 10.9 Å². The molecule has 0 aliphatic carbocycles. The van der Waals surface area contributed by atoms with Crippen molar-refractivity contribution in [3.05, 3.63) is 51.2 Å². The quantitative estimate of drug-likeness (QED) is 0.763. The molecule has 21 heavy (non-hydrogen) atoms. The predicted octanol–water partition coefficient (Wildman–Crippen LogP) is 5.10. The van der Waals surface area contributed by atoms with Crippen LogP contribution in [-0.4, -0.2) is 13.6 Å². The highest BCUT2D eigenvalue weighted by atomic mass is 35.5. The van der Waals surface area contributed by atoms with Crippen LogP contribution in [0.5, 0.6) is 0 Å². The van der Waals surface area contributed by atoms with Crippen LogP contribution < -0.4 is 10.2 Å². The fourth-order valence-corrected chi connectivity index (χ4v) is 3.40. The minimum atomic E-state index is 0.403. The average Bonchev–Trinajstić information content (AvgIpc) is 2.90. The Morgan fingerprint density at radius 3 is 2.48 bits per heavy atom. The van der Waals surface area contributed by atoms with E-state index in [2.05, 4.69) is 61.4 Å². The Balaban J connectivity index is 1.97. The molecule has 2 rings (SSSR count). The van der Waals surface area contributed by atoms with E-state index in [1.807, 2.05) is 6.07 Å². The van der Waals surface area contributed by atoms with Gasteiger partial charge in [0.15, 0.2) is 0 Å². The van der Waals surface area contributed by atoms with Crippen molar-refractivity contribution in [3.8, 4) is 0 Å². The number of hydrogen-bond acceptors (Lipinski definition) is 3. The molecule has 0 fully saturated rings. The van der Waals surface area contributed by atoms with Gasteiger partial charge in [-0.05, 0) is 49.7 Å². The van der Waals surface area contributed by atoms with Crippen LogP contribution in [0.1, 0.15) is 36.8 Å². The largest absolute Gasteiger partial charge is 0.369 e. The number of thiophene rings is 1. The summed E-state index contributed by atoms with van der Waals surface area (Å²) in [5.41, 5.74) is 2.56. The fourth-order valence-electron chi connectivity index (χ4n) is 2.26. The van der Waals surface area contributed by atoms with Crippen molar-refractivity contribution in [2.45, 2.75) is 32.9 Å². The van der Waals surface area contributed by atoms with E-state index in [0.717, 1.165) is 23.8 Å². The number of nitrogens with one attached hydrogen (secondary N) is 1. The van der Waals surface area contributed by atoms with Gasteiger partial charge in [-0.3, -0.25) is 0 Å². The zero-order chi connectivity index (χ0) is 15.2. The summed E-state index contributed by atoms with van der Waals surface area (Å²) in [6.45, 7) is 6.35. The van der Waals surface area contributed by atoms with E-state index in [0.29, 0.717) is 6.04 Å². The molecular weight excluding hydrogens is 300 g/mol. The molecule has 2 aromatic rings. The molecule has 1 heterocycles. The van der Waals surface area contributed by atoms with Crippen LogP contribution in [0, 0.1) is 0 Å². The molecule has 4 heteroatoms. The summed E-state index contributed by atoms with van der Waals surface area (Å²) >= 11 is 7.62. The molecule has 0 saturated heterocycles. The molecule has 0 saturated carbocycles. The second-order valence-electron chi connectivity index (χ2n) is 5.33. The van der Waals surface area contributed by atoms with Gasteiger partial charge in [-0.2, -0.15) is 0 Å². The molecule has 1 unspecified atom stereocenters. The van der Waals surface area contributed by atoms with Gasteiger partial charge in [-0.1, -0.05) is 30.7 Å². The summed E-state index contributed by atoms with van der Waals surface area (Å²) in [5.74, 6) is 0. The maximum Gasteiger partial charge on any atom is 0.0931 e. The molecule has 0 bridgehead atoms. The smallest absolute Gasteiger partial charge is 0.0931 e. The predicted molar refractivity (Wildman–Crippen MR) is 94.6 cm³/mol. The fraction of sp³-hybridized carbons (Fsp3) is 0.412. The van der Waals surface area contributed by atoms with E-state index < -0.39 is 0 Å². The van der Waals surface area contributed by atoms with Crippen LogP contribution in [-0.2, 0) is 6.54 Å². The average molecular weight is 323 g/mol. The van der Waals surface area contributed by atoms with Crippen molar-refractivity contribution in [2.24, 2.45) is 0 Å². The van der Waals surface area contributed by atoms with E-state index in [1.165, 1.54) is 16.1 Å². The SMILES string of the molecule is CCCNC(C)c1ccc(N(C)Cc2ccc(Cl)s2)cc1. The lowest BCUT2D eigenvalue weighted by Crippen LogP contribution is -2.19. The van der Waals surface area contributed by atoms with E-state index >= 15 is 0 Å². The molecule has 0 radical (unpaired) electrons. The van der Waals surface area contributed by atoms with Gasteiger partial charge in [0.25, 0.3) is 0 Å². The standard InChI is InChI=1S/C17H23ClN2S/c1-4-11-19-13(2)14-5-7-15(8-6-14)20(3)12-16-9-10-17(18)21-16/h5-10,13,19H,4,11-12H2,1-3H3. The second-order valence-corrected chi connectivity index (χ2v) is 7.13. The van der Waals surface area contributed by atoms with Gasteiger partial charge < -0.3 is 10.2 Å². The minimum Gasteiger partial charge on any atom is -0.369 e. The van der Waals surface area contributed by atoms with Crippen molar-refractivity contribution in [1.82, 2.24) is 5.32 Å². The van der Waals surface area contributed by atoms with Crippen LogP contribution in [0.2, 0.25) is 4.34 Å². The maximum absolute atomic E-state index is 5.98. The summed E-state index contributed by atoms with van der Waals surface area (Å²) < 4.78 is 0.851. The van der Waals surface area contributed by atoms with Crippen LogP contribution in [0.3, 0.4) is 0 Å². The molecule has 0 aliphatic heterocycles. The second kappa shape index (κ2) is 7.83. The highest BCUT2D eigenvalue weighted by Crippen LogP contribution is 2.25. The third-order valence-electron chi connectivity index (χ3n) is 3.56. The van der Waals surface area contributed by atoms with Crippen LogP contribution in [0.25, 0.3) is 0 Å². The molecule has 0 aliphatic rings. The van der Waals surface area contributed by atoms with Gasteiger partial charge in [-0.15, -0.1) is 11.3 Å². The van der Waals surface area contributed by atoms with Crippen molar-refractivity contribution in [3.63, 3.8) is 0 Å². The molecule has 0 spiro atoms. The van der Waals surface area contributed by atoms with Crippen molar-refractivity contribution < 1.29 is 0 Å². The first kappa shape index (κ1) is 16.3. The van der Waals surface area contributed by atoms with E-state index in [1.54, 1.807) is 11.3 Å². The lowest BCUT2D eigenvalue weighted by molar-refractivity contribution is 0.571. The van der Waals surface area contributed by atoms with Gasteiger partial charge in [0, 0.05) is 23.7 Å². The first-order valence-electron chi connectivity index (χ1n) is 7.39. The third-order valence-corrected chi connectivity index (χ3v) is 4.77. The van der Waals surface area contributed by atoms with Crippen molar-refractivity contribution in [1.29, 1.82) is 0 Å². The van der Waals surface area contributed by atoms with Crippen molar-refractivity contribution in [2.75, 3.05) is 18.5 Å². The van der Waals surface area contributed by atoms with E-state index in [-0.39, 0.29) is 0 Å². The first-order valence-corrected chi connectivity index (χ1v) is 8.58. The summed E-state index contributed by atoms with van der Waals surface area (Å²) in [4.78, 5) is 3.53. The van der Waals surface area contributed by atoms with Gasteiger partial charge in [0.1, 0.15) is 0 Å². The summed E-state index contributed by atoms with van der Waals surface area (Å²) in [7, 11) is 2.11. The van der Waals surface area contributed by atoms with E-state index in [4.69, 9.17) is 11.6 Å². The number of nitrogens with zero attached hydrogens (tertiary/aromatic N) is 1. The van der Waals surface area contributed by atoms with Gasteiger partial charge in [-0.25, -0.2) is 0 Å². The highest BCUT2D eigenvalue weighted by molar-refractivity contribution is 7.16. The Hall–Kier alpha value is -1.03. The molecule has 114 valence electrons. The molecule has 1 aromatic heterocycles. The maximum atomic E-state index is 5.98. The molecule has 1 aromatic carbocycles. The first-order chi connectivity index (χ1) is 10.1. The van der Waals surface area contributed by atoms with Gasteiger partial charge >= 0.3 is 0 Å². The van der Waals surface area contributed by atoms with Crippen LogP contribution >= 0.6 is 22.9 Å². The number of rotatable bonds is 7. The van der Waals surface area contributed by atoms with Gasteiger partial charge in [0.2, 0.25) is 0 Å². The zero-order valence-electron chi connectivity index (χ0n) is 12.9. The number of anilines is 1. The number of hydrogen-bond donors (Lipinski definition) is 1. The molecule has 1 atom stereocenters. The monoisotopic (exact) mass is 322 g/mol. The number of benzene rings is 1. The third kappa shape index (κ3) is 4.73. The van der Waals surface area contributed by atoms with E-state index in [9.17, 15) is 0 Å². The Bertz CT molecular complexity index is 550. The molecule has 0 amide bonds. The molecule has 2 nitrogen and oxygen atoms in total. The summed E-state index contributed by atoms with van der Waals surface area (Å²) in [6, 6.07) is 13.2. The summed E-state index contributed by atoms with van der Waals surface area (Å²) in [5, 5.41) is 3.51. The Kier molecular flexibility index (Phi) is 6.09. The minimum absolute atomic E-state index is 0.403. The Labute approximate surface area is 136 Å². The Morgan fingerprint density at radius 1 is 1.19 bits per heavy atom. The van der Waals surface area contributed by atoms with Crippen LogP contribution in [0.15, 0.2) is 36.4 Å². The van der Waals surface area contributed by atoms with Crippen molar-refractivity contribution >= 4 is 28.6 Å². The highest BCUT2D eigenvalue weighted by Gasteiger charge is 2.07. The number of halogens is 1. The van der Waals surface area contributed by atoms with Crippen LogP contribution in [0.4, 0.5) is 5.69 Å². The normalized spacial score (nSPS) is 12.4. The Morgan fingerprint density at radius 2 is 1.90 bits per heavy atom. The molecular formula is C17H23ClN2S.